The van der Waals surface area contributed by atoms with Gasteiger partial charge in [0.15, 0.2) is 12.6 Å². The van der Waals surface area contributed by atoms with Crippen LogP contribution in [0.25, 0.3) is 0 Å². The Labute approximate surface area is 305 Å². The van der Waals surface area contributed by atoms with Crippen molar-refractivity contribution < 1.29 is 53.6 Å². The van der Waals surface area contributed by atoms with Crippen LogP contribution < -0.4 is 37.5 Å². The molecule has 0 aliphatic heterocycles. The van der Waals surface area contributed by atoms with Gasteiger partial charge in [0.25, 0.3) is 5.91 Å². The number of aliphatic hydroxyl groups excluding tert-OH is 1. The molecular weight excluding hydrogens is 694 g/mol. The van der Waals surface area contributed by atoms with Crippen molar-refractivity contribution in [3.05, 3.63) is 29.3 Å². The van der Waals surface area contributed by atoms with Gasteiger partial charge >= 0.3 is 11.9 Å². The molecule has 0 radical (unpaired) electrons. The Kier molecular flexibility index (Phi) is 13.7. The number of guanidine groups is 1. The number of ketones is 1. The van der Waals surface area contributed by atoms with Crippen LogP contribution in [0.15, 0.2) is 23.2 Å². The Bertz CT molecular complexity index is 1610. The van der Waals surface area contributed by atoms with E-state index in [0.29, 0.717) is 35.7 Å². The normalized spacial score (nSPS) is 23.1. The fourth-order valence-corrected chi connectivity index (χ4v) is 7.95. The van der Waals surface area contributed by atoms with Crippen molar-refractivity contribution in [3.63, 3.8) is 0 Å². The molecule has 0 aromatic heterocycles. The fraction of sp³-hybridized carbons (Fsp3) is 0.600. The van der Waals surface area contributed by atoms with Gasteiger partial charge in [0, 0.05) is 18.4 Å². The van der Waals surface area contributed by atoms with E-state index in [0.717, 1.165) is 37.7 Å². The molecule has 4 rings (SSSR count). The van der Waals surface area contributed by atoms with E-state index in [1.165, 1.54) is 5.56 Å². The number of aryl methyl sites for hydroxylation is 1. The number of carbonyl (C=O) groups is 7. The van der Waals surface area contributed by atoms with E-state index in [4.69, 9.17) is 31.5 Å². The van der Waals surface area contributed by atoms with E-state index in [-0.39, 0.29) is 30.8 Å². The number of benzene rings is 1. The summed E-state index contributed by atoms with van der Waals surface area (Å²) in [7, 11) is 0. The number of nitrogens with zero attached hydrogens (tertiary/aromatic N) is 1. The van der Waals surface area contributed by atoms with Crippen LogP contribution in [-0.2, 0) is 40.0 Å². The second kappa shape index (κ2) is 18.0. The molecule has 290 valence electrons. The second-order valence-electron chi connectivity index (χ2n) is 14.1. The third kappa shape index (κ3) is 10.4. The molecule has 0 unspecified atom stereocenters. The first-order valence-corrected chi connectivity index (χ1v) is 17.7. The maximum Gasteiger partial charge on any atom is 0.328 e. The maximum absolute atomic E-state index is 13.1. The number of fused-ring (bicyclic) bond motifs is 5. The second-order valence-corrected chi connectivity index (χ2v) is 14.1. The van der Waals surface area contributed by atoms with Crippen molar-refractivity contribution in [2.45, 2.75) is 88.8 Å². The molecule has 3 aliphatic rings. The number of carbonyl (C=O) groups excluding carboxylic acids is 5. The predicted molar refractivity (Wildman–Crippen MR) is 187 cm³/mol. The molecular formula is C35H49N7O11. The quantitative estimate of drug-likeness (QED) is 0.0479. The van der Waals surface area contributed by atoms with Crippen LogP contribution in [0.4, 0.5) is 0 Å². The molecule has 3 aliphatic carbocycles. The third-order valence-corrected chi connectivity index (χ3v) is 10.6. The summed E-state index contributed by atoms with van der Waals surface area (Å²) in [6.45, 7) is 0.159. The van der Waals surface area contributed by atoms with Gasteiger partial charge in [-0.05, 0) is 86.0 Å². The Morgan fingerprint density at radius 3 is 2.38 bits per heavy atom. The summed E-state index contributed by atoms with van der Waals surface area (Å²) in [6, 6.07) is 1.19. The van der Waals surface area contributed by atoms with Gasteiger partial charge < -0.3 is 52.8 Å². The number of hydrogen-bond acceptors (Lipinski definition) is 10. The molecule has 18 nitrogen and oxygen atoms in total. The van der Waals surface area contributed by atoms with Crippen LogP contribution >= 0.6 is 0 Å². The number of ether oxygens (including phenoxy) is 1. The van der Waals surface area contributed by atoms with Gasteiger partial charge in [0.2, 0.25) is 17.7 Å². The predicted octanol–water partition coefficient (Wildman–Crippen LogP) is -1.33. The summed E-state index contributed by atoms with van der Waals surface area (Å²) < 4.78 is 5.81. The van der Waals surface area contributed by atoms with E-state index in [9.17, 15) is 33.6 Å². The largest absolute Gasteiger partial charge is 0.484 e. The lowest BCUT2D eigenvalue weighted by Crippen LogP contribution is -2.55. The van der Waals surface area contributed by atoms with Crippen LogP contribution in [0.5, 0.6) is 5.75 Å². The number of aliphatic imine (C=N–C) groups is 1. The molecule has 7 atom stereocenters. The van der Waals surface area contributed by atoms with Crippen molar-refractivity contribution >= 4 is 47.3 Å². The zero-order chi connectivity index (χ0) is 38.9. The van der Waals surface area contributed by atoms with Crippen molar-refractivity contribution in [2.75, 3.05) is 26.3 Å². The minimum absolute atomic E-state index is 0.0603. The van der Waals surface area contributed by atoms with E-state index >= 15 is 0 Å². The first-order chi connectivity index (χ1) is 25.1. The first kappa shape index (κ1) is 40.5. The highest BCUT2D eigenvalue weighted by Gasteiger charge is 2.54. The molecule has 18 heteroatoms. The zero-order valence-corrected chi connectivity index (χ0v) is 29.6. The van der Waals surface area contributed by atoms with Gasteiger partial charge in [-0.3, -0.25) is 33.8 Å². The number of amides is 4. The molecule has 4 amide bonds. The molecule has 0 bridgehead atoms. The lowest BCUT2D eigenvalue weighted by atomic mass is 9.55. The van der Waals surface area contributed by atoms with E-state index in [2.05, 4.69) is 27.9 Å². The number of rotatable bonds is 18. The molecule has 0 spiro atoms. The average molecular weight is 744 g/mol. The van der Waals surface area contributed by atoms with Crippen molar-refractivity contribution in [3.8, 4) is 5.75 Å². The van der Waals surface area contributed by atoms with Crippen molar-refractivity contribution in [2.24, 2.45) is 33.7 Å². The van der Waals surface area contributed by atoms with Gasteiger partial charge in [-0.25, -0.2) is 4.79 Å². The zero-order valence-electron chi connectivity index (χ0n) is 29.6. The van der Waals surface area contributed by atoms with Crippen molar-refractivity contribution in [1.29, 1.82) is 0 Å². The number of hydrogen-bond donors (Lipinski definition) is 9. The van der Waals surface area contributed by atoms with Crippen LogP contribution in [0, 0.1) is 17.3 Å². The van der Waals surface area contributed by atoms with E-state index in [1.54, 1.807) is 0 Å². The number of aliphatic hydroxyl groups is 1. The minimum atomic E-state index is -1.74. The summed E-state index contributed by atoms with van der Waals surface area (Å²) in [5, 5.41) is 36.3. The standard InChI is InChI=1S/C35H49N7O11/c1-35-11-10-21-20-7-5-19(13-18(20)4-6-22(21)23(35)8-9-27(35)44)53-17-29(46)40-24(3-2-12-38-34(36)37)31(49)39-15-28(45)41-25(14-30(47)48)32(50)42-26(16-43)33(51)52/h5,7,13,21-26,43H,2-4,6,8-12,14-17H2,1H3,(H,39,49)(H,40,46)(H,41,45)(H,42,50)(H,47,48)(H,51,52)(H4,36,37,38)/t21-,22-,23+,24+,25-,26+,35+/m1/s1. The first-order valence-electron chi connectivity index (χ1n) is 17.7. The van der Waals surface area contributed by atoms with Crippen LogP contribution in [0.1, 0.15) is 75.3 Å². The van der Waals surface area contributed by atoms with E-state index in [1.807, 2.05) is 23.5 Å². The molecule has 1 aromatic rings. The Morgan fingerprint density at radius 2 is 1.70 bits per heavy atom. The highest BCUT2D eigenvalue weighted by atomic mass is 16.5. The Hall–Kier alpha value is -5.26. The minimum Gasteiger partial charge on any atom is -0.484 e. The van der Waals surface area contributed by atoms with Gasteiger partial charge in [-0.1, -0.05) is 13.0 Å². The summed E-state index contributed by atoms with van der Waals surface area (Å²) >= 11 is 0. The average Bonchev–Trinajstić information content (AvgIpc) is 3.42. The summed E-state index contributed by atoms with van der Waals surface area (Å²) in [5.41, 5.74) is 13.0. The lowest BCUT2D eigenvalue weighted by molar-refractivity contribution is -0.144. The maximum atomic E-state index is 13.1. The van der Waals surface area contributed by atoms with Gasteiger partial charge in [0.1, 0.15) is 29.7 Å². The SMILES string of the molecule is C[C@]12CC[C@@H]3c4ccc(OCC(=O)N[C@@H](CCCN=C(N)N)C(=O)NCC(=O)N[C@H](CC(=O)O)C(=O)N[C@@H](CO)C(=O)O)cc4CC[C@H]3[C@@H]1CCC2=O. The smallest absolute Gasteiger partial charge is 0.328 e. The molecule has 11 N–H and O–H groups in total. The van der Waals surface area contributed by atoms with Gasteiger partial charge in [-0.15, -0.1) is 0 Å². The molecule has 1 aromatic carbocycles. The van der Waals surface area contributed by atoms with Gasteiger partial charge in [0.05, 0.1) is 19.6 Å². The van der Waals surface area contributed by atoms with Crippen LogP contribution in [-0.4, -0.2) is 107 Å². The fourth-order valence-electron chi connectivity index (χ4n) is 7.95. The van der Waals surface area contributed by atoms with Gasteiger partial charge in [-0.2, -0.15) is 0 Å². The topological polar surface area (TPSA) is 302 Å². The highest BCUT2D eigenvalue weighted by Crippen LogP contribution is 2.59. The number of nitrogens with one attached hydrogen (secondary N) is 4. The summed E-state index contributed by atoms with van der Waals surface area (Å²) in [4.78, 5) is 90.1. The molecule has 0 heterocycles. The monoisotopic (exact) mass is 743 g/mol. The highest BCUT2D eigenvalue weighted by molar-refractivity contribution is 5.95. The number of Topliss-reactive ketones (excluding diaryl/α,β-unsaturated/α-hetero) is 1. The Morgan fingerprint density at radius 1 is 0.962 bits per heavy atom. The Balaban J connectivity index is 1.33. The number of aliphatic carboxylic acids is 2. The van der Waals surface area contributed by atoms with Crippen LogP contribution in [0.2, 0.25) is 0 Å². The molecule has 0 saturated heterocycles. The molecule has 2 saturated carbocycles. The summed E-state index contributed by atoms with van der Waals surface area (Å²) in [5.74, 6) is -4.63. The molecule has 2 fully saturated rings. The number of carboxylic acid groups (broad SMARTS) is 2. The van der Waals surface area contributed by atoms with Crippen molar-refractivity contribution in [1.82, 2.24) is 21.3 Å². The van der Waals surface area contributed by atoms with Crippen LogP contribution in [0.3, 0.4) is 0 Å². The molecule has 53 heavy (non-hydrogen) atoms. The third-order valence-electron chi connectivity index (χ3n) is 10.6. The number of carboxylic acids is 2. The summed E-state index contributed by atoms with van der Waals surface area (Å²) in [6.07, 6.45) is 4.72. The number of nitrogens with two attached hydrogens (primary N) is 2. The van der Waals surface area contributed by atoms with E-state index < -0.39 is 79.9 Å². The lowest BCUT2D eigenvalue weighted by Gasteiger charge is -2.48.